The van der Waals surface area contributed by atoms with Gasteiger partial charge >= 0.3 is 0 Å². The number of hydrogen-bond donors (Lipinski definition) is 0. The number of aryl methyl sites for hydroxylation is 1. The smallest absolute Gasteiger partial charge is 0.119 e. The molecule has 3 aromatic carbocycles. The molecule has 0 saturated heterocycles. The highest BCUT2D eigenvalue weighted by atomic mass is 16.5. The molecule has 1 aliphatic rings. The lowest BCUT2D eigenvalue weighted by Gasteiger charge is -2.26. The first-order valence-electron chi connectivity index (χ1n) is 10.5. The zero-order valence-corrected chi connectivity index (χ0v) is 17.4. The number of ether oxygens (including phenoxy) is 3. The minimum absolute atomic E-state index is 0.111. The van der Waals surface area contributed by atoms with Crippen molar-refractivity contribution in [3.05, 3.63) is 108 Å². The molecule has 3 heteroatoms. The molecule has 0 unspecified atom stereocenters. The fourth-order valence-electron chi connectivity index (χ4n) is 3.67. The van der Waals surface area contributed by atoms with Crippen molar-refractivity contribution in [3.63, 3.8) is 0 Å². The van der Waals surface area contributed by atoms with Gasteiger partial charge in [-0.25, -0.2) is 0 Å². The maximum absolute atomic E-state index is 6.33. The van der Waals surface area contributed by atoms with Gasteiger partial charge in [0.1, 0.15) is 18.1 Å². The minimum atomic E-state index is 0.111. The standard InChI is InChI=1S/C27H28O3/c1-28-24-18-13-23(14-19-24)27-9-5-8-26(30-27)17-12-21-10-15-25(16-11-21)29-20-22-6-3-2-4-7-22/h2-8,10-11,13-16,18-19,26-27H,9,12,17,20H2,1H3/t26-,27+/m1/s1. The molecule has 0 aromatic heterocycles. The van der Waals surface area contributed by atoms with Crippen LogP contribution < -0.4 is 9.47 Å². The van der Waals surface area contributed by atoms with Crippen LogP contribution in [-0.2, 0) is 17.8 Å². The molecule has 0 spiro atoms. The Hall–Kier alpha value is -3.04. The summed E-state index contributed by atoms with van der Waals surface area (Å²) in [5.74, 6) is 1.77. The quantitative estimate of drug-likeness (QED) is 0.416. The average Bonchev–Trinajstić information content (AvgIpc) is 2.83. The van der Waals surface area contributed by atoms with Crippen LogP contribution in [0.2, 0.25) is 0 Å². The molecule has 4 rings (SSSR count). The van der Waals surface area contributed by atoms with Crippen molar-refractivity contribution in [2.75, 3.05) is 7.11 Å². The van der Waals surface area contributed by atoms with Crippen molar-refractivity contribution in [2.45, 2.75) is 38.1 Å². The Kier molecular flexibility index (Phi) is 6.83. The first-order valence-corrected chi connectivity index (χ1v) is 10.5. The van der Waals surface area contributed by atoms with Crippen LogP contribution in [0.15, 0.2) is 91.0 Å². The van der Waals surface area contributed by atoms with Gasteiger partial charge in [-0.1, -0.05) is 66.7 Å². The van der Waals surface area contributed by atoms with Gasteiger partial charge in [0.15, 0.2) is 0 Å². The summed E-state index contributed by atoms with van der Waals surface area (Å²) in [5.41, 5.74) is 3.67. The summed E-state index contributed by atoms with van der Waals surface area (Å²) < 4.78 is 17.5. The van der Waals surface area contributed by atoms with Gasteiger partial charge in [0.05, 0.1) is 19.3 Å². The summed E-state index contributed by atoms with van der Waals surface area (Å²) in [5, 5.41) is 0. The van der Waals surface area contributed by atoms with Gasteiger partial charge in [-0.3, -0.25) is 0 Å². The van der Waals surface area contributed by atoms with E-state index in [9.17, 15) is 0 Å². The van der Waals surface area contributed by atoms with Crippen molar-refractivity contribution < 1.29 is 14.2 Å². The number of benzene rings is 3. The summed E-state index contributed by atoms with van der Waals surface area (Å²) in [6.07, 6.45) is 7.54. The maximum atomic E-state index is 6.33. The van der Waals surface area contributed by atoms with Gasteiger partial charge in [-0.15, -0.1) is 0 Å². The van der Waals surface area contributed by atoms with Crippen molar-refractivity contribution in [2.24, 2.45) is 0 Å². The molecule has 3 nitrogen and oxygen atoms in total. The van der Waals surface area contributed by atoms with Crippen molar-refractivity contribution in [1.82, 2.24) is 0 Å². The van der Waals surface area contributed by atoms with E-state index >= 15 is 0 Å². The molecule has 0 aliphatic carbocycles. The van der Waals surface area contributed by atoms with E-state index in [1.165, 1.54) is 16.7 Å². The van der Waals surface area contributed by atoms with Crippen LogP contribution in [0.25, 0.3) is 0 Å². The summed E-state index contributed by atoms with van der Waals surface area (Å²) >= 11 is 0. The van der Waals surface area contributed by atoms with Crippen LogP contribution in [0.3, 0.4) is 0 Å². The Labute approximate surface area is 178 Å². The van der Waals surface area contributed by atoms with Gasteiger partial charge in [-0.2, -0.15) is 0 Å². The second kappa shape index (κ2) is 10.1. The lowest BCUT2D eigenvalue weighted by Crippen LogP contribution is -2.19. The predicted molar refractivity (Wildman–Crippen MR) is 120 cm³/mol. The fraction of sp³-hybridized carbons (Fsp3) is 0.259. The first kappa shape index (κ1) is 20.2. The third-order valence-electron chi connectivity index (χ3n) is 5.42. The van der Waals surface area contributed by atoms with Gasteiger partial charge in [0, 0.05) is 0 Å². The summed E-state index contributed by atoms with van der Waals surface area (Å²) in [7, 11) is 1.69. The Morgan fingerprint density at radius 2 is 1.57 bits per heavy atom. The molecule has 1 aliphatic heterocycles. The monoisotopic (exact) mass is 400 g/mol. The normalized spacial score (nSPS) is 18.2. The number of methoxy groups -OCH3 is 1. The van der Waals surface area contributed by atoms with Crippen molar-refractivity contribution in [1.29, 1.82) is 0 Å². The third-order valence-corrected chi connectivity index (χ3v) is 5.42. The van der Waals surface area contributed by atoms with E-state index in [0.29, 0.717) is 6.61 Å². The zero-order chi connectivity index (χ0) is 20.6. The van der Waals surface area contributed by atoms with E-state index in [2.05, 4.69) is 60.7 Å². The van der Waals surface area contributed by atoms with E-state index in [4.69, 9.17) is 14.2 Å². The molecule has 0 radical (unpaired) electrons. The van der Waals surface area contributed by atoms with E-state index < -0.39 is 0 Å². The van der Waals surface area contributed by atoms with Gasteiger partial charge in [0.25, 0.3) is 0 Å². The van der Waals surface area contributed by atoms with Crippen LogP contribution in [0.5, 0.6) is 11.5 Å². The molecule has 0 fully saturated rings. The topological polar surface area (TPSA) is 27.7 Å². The highest BCUT2D eigenvalue weighted by Gasteiger charge is 2.19. The molecule has 0 bridgehead atoms. The number of rotatable bonds is 8. The van der Waals surface area contributed by atoms with Crippen LogP contribution in [-0.4, -0.2) is 13.2 Å². The van der Waals surface area contributed by atoms with E-state index in [-0.39, 0.29) is 12.2 Å². The molecule has 0 amide bonds. The lowest BCUT2D eigenvalue weighted by atomic mass is 10.00. The molecule has 30 heavy (non-hydrogen) atoms. The maximum Gasteiger partial charge on any atom is 0.119 e. The van der Waals surface area contributed by atoms with E-state index in [1.54, 1.807) is 7.11 Å². The molecule has 3 aromatic rings. The lowest BCUT2D eigenvalue weighted by molar-refractivity contribution is 0.00115. The highest BCUT2D eigenvalue weighted by molar-refractivity contribution is 5.30. The third kappa shape index (κ3) is 5.52. The summed E-state index contributed by atoms with van der Waals surface area (Å²) in [4.78, 5) is 0. The second-order valence-electron chi connectivity index (χ2n) is 7.56. The van der Waals surface area contributed by atoms with Gasteiger partial charge < -0.3 is 14.2 Å². The van der Waals surface area contributed by atoms with Crippen molar-refractivity contribution >= 4 is 0 Å². The van der Waals surface area contributed by atoms with Gasteiger partial charge in [-0.05, 0) is 60.2 Å². The van der Waals surface area contributed by atoms with Crippen LogP contribution in [0.1, 0.15) is 35.6 Å². The predicted octanol–water partition coefficient (Wildman–Crippen LogP) is 6.29. The molecular formula is C27H28O3. The average molecular weight is 401 g/mol. The van der Waals surface area contributed by atoms with Crippen LogP contribution >= 0.6 is 0 Å². The molecule has 0 saturated carbocycles. The van der Waals surface area contributed by atoms with E-state index in [0.717, 1.165) is 30.8 Å². The van der Waals surface area contributed by atoms with Gasteiger partial charge in [0.2, 0.25) is 0 Å². The van der Waals surface area contributed by atoms with E-state index in [1.807, 2.05) is 30.3 Å². The summed E-state index contributed by atoms with van der Waals surface area (Å²) in [6.45, 7) is 0.591. The summed E-state index contributed by atoms with van der Waals surface area (Å²) in [6, 6.07) is 26.8. The van der Waals surface area contributed by atoms with Crippen LogP contribution in [0, 0.1) is 0 Å². The Balaban J connectivity index is 1.26. The second-order valence-corrected chi connectivity index (χ2v) is 7.56. The SMILES string of the molecule is COc1ccc([C@@H]2CC=C[C@H](CCc3ccc(OCc4ccccc4)cc3)O2)cc1. The number of hydrogen-bond acceptors (Lipinski definition) is 3. The molecule has 2 atom stereocenters. The van der Waals surface area contributed by atoms with Crippen molar-refractivity contribution in [3.8, 4) is 11.5 Å². The van der Waals surface area contributed by atoms with Crippen LogP contribution in [0.4, 0.5) is 0 Å². The molecule has 1 heterocycles. The Bertz CT molecular complexity index is 930. The first-order chi connectivity index (χ1) is 14.8. The molecular weight excluding hydrogens is 372 g/mol. The fourth-order valence-corrected chi connectivity index (χ4v) is 3.67. The molecule has 0 N–H and O–H groups in total. The zero-order valence-electron chi connectivity index (χ0n) is 17.4. The largest absolute Gasteiger partial charge is 0.497 e. The highest BCUT2D eigenvalue weighted by Crippen LogP contribution is 2.30. The Morgan fingerprint density at radius 3 is 2.30 bits per heavy atom. The Morgan fingerprint density at radius 1 is 0.833 bits per heavy atom. The minimum Gasteiger partial charge on any atom is -0.497 e. The molecule has 154 valence electrons.